The first kappa shape index (κ1) is 16.5. The average molecular weight is 274 g/mol. The molecule has 1 N–H and O–H groups in total. The van der Waals surface area contributed by atoms with Crippen LogP contribution in [0.1, 0.15) is 52.5 Å². The maximum absolute atomic E-state index is 9.28. The summed E-state index contributed by atoms with van der Waals surface area (Å²) in [4.78, 5) is 0. The Morgan fingerprint density at radius 1 is 1.35 bits per heavy atom. The molecule has 0 aromatic heterocycles. The number of nitrogens with one attached hydrogen (secondary N) is 1. The van der Waals surface area contributed by atoms with Gasteiger partial charge in [0.15, 0.2) is 0 Å². The molecule has 0 bridgehead atoms. The maximum atomic E-state index is 9.28. The Morgan fingerprint density at radius 2 is 2.05 bits per heavy atom. The summed E-state index contributed by atoms with van der Waals surface area (Å²) in [7, 11) is 0. The quantitative estimate of drug-likeness (QED) is 0.821. The normalized spacial score (nSPS) is 15.4. The average Bonchev–Trinajstić information content (AvgIpc) is 2.39. The molecule has 3 heteroatoms. The first-order valence-electron chi connectivity index (χ1n) is 7.33. The largest absolute Gasteiger partial charge is 0.491 e. The van der Waals surface area contributed by atoms with Crippen LogP contribution in [-0.2, 0) is 0 Å². The molecule has 0 saturated carbocycles. The van der Waals surface area contributed by atoms with Gasteiger partial charge in [-0.3, -0.25) is 5.32 Å². The van der Waals surface area contributed by atoms with Crippen molar-refractivity contribution >= 4 is 0 Å². The molecular formula is C17H26N2O. The van der Waals surface area contributed by atoms with Crippen LogP contribution in [-0.4, -0.2) is 18.2 Å². The topological polar surface area (TPSA) is 45.0 Å². The summed E-state index contributed by atoms with van der Waals surface area (Å²) in [5.74, 6) is 1.36. The Balaban J connectivity index is 2.69. The van der Waals surface area contributed by atoms with Gasteiger partial charge in [-0.25, -0.2) is 0 Å². The molecule has 20 heavy (non-hydrogen) atoms. The molecule has 0 aliphatic carbocycles. The molecule has 0 saturated heterocycles. The maximum Gasteiger partial charge on any atom is 0.119 e. The van der Waals surface area contributed by atoms with E-state index in [0.29, 0.717) is 12.3 Å². The highest BCUT2D eigenvalue weighted by Gasteiger charge is 2.26. The van der Waals surface area contributed by atoms with Gasteiger partial charge in [-0.2, -0.15) is 5.26 Å². The predicted molar refractivity (Wildman–Crippen MR) is 82.9 cm³/mol. The number of rotatable bonds is 7. The zero-order valence-electron chi connectivity index (χ0n) is 13.2. The molecule has 0 aliphatic heterocycles. The van der Waals surface area contributed by atoms with Crippen molar-refractivity contribution in [3.8, 4) is 11.8 Å². The Hall–Kier alpha value is -1.53. The summed E-state index contributed by atoms with van der Waals surface area (Å²) in [6, 6.07) is 10.5. The standard InChI is InChI=1S/C17H26N2O/c1-6-19-17(5,12-18)11-14(4)20-16-9-7-8-15(10-16)13(2)3/h7-10,13-14,19H,6,11H2,1-5H3. The van der Waals surface area contributed by atoms with Crippen LogP contribution in [0.5, 0.6) is 5.75 Å². The summed E-state index contributed by atoms with van der Waals surface area (Å²) in [5.41, 5.74) is 0.730. The van der Waals surface area contributed by atoms with Crippen LogP contribution in [0.25, 0.3) is 0 Å². The number of benzene rings is 1. The minimum absolute atomic E-state index is 0.0129. The van der Waals surface area contributed by atoms with Gasteiger partial charge in [0.25, 0.3) is 0 Å². The molecule has 0 aliphatic rings. The number of nitrogens with zero attached hydrogens (tertiary/aromatic N) is 1. The molecule has 0 heterocycles. The SMILES string of the molecule is CCNC(C)(C#N)CC(C)Oc1cccc(C(C)C)c1. The summed E-state index contributed by atoms with van der Waals surface area (Å²) in [6.45, 7) is 11.0. The van der Waals surface area contributed by atoms with Gasteiger partial charge in [0.05, 0.1) is 12.2 Å². The van der Waals surface area contributed by atoms with Crippen LogP contribution in [0, 0.1) is 11.3 Å². The Kier molecular flexibility index (Phi) is 6.04. The fourth-order valence-corrected chi connectivity index (χ4v) is 2.34. The van der Waals surface area contributed by atoms with Crippen LogP contribution in [0.3, 0.4) is 0 Å². The van der Waals surface area contributed by atoms with Crippen molar-refractivity contribution in [2.75, 3.05) is 6.54 Å². The number of hydrogen-bond donors (Lipinski definition) is 1. The first-order chi connectivity index (χ1) is 9.40. The van der Waals surface area contributed by atoms with Crippen LogP contribution in [0.15, 0.2) is 24.3 Å². The van der Waals surface area contributed by atoms with Crippen molar-refractivity contribution in [3.05, 3.63) is 29.8 Å². The number of hydrogen-bond acceptors (Lipinski definition) is 3. The molecule has 0 radical (unpaired) electrons. The van der Waals surface area contributed by atoms with Crippen LogP contribution < -0.4 is 10.1 Å². The third kappa shape index (κ3) is 4.86. The Morgan fingerprint density at radius 3 is 2.60 bits per heavy atom. The fourth-order valence-electron chi connectivity index (χ4n) is 2.34. The third-order valence-corrected chi connectivity index (χ3v) is 3.37. The monoisotopic (exact) mass is 274 g/mol. The molecule has 1 rings (SSSR count). The lowest BCUT2D eigenvalue weighted by Gasteiger charge is -2.26. The van der Waals surface area contributed by atoms with E-state index in [4.69, 9.17) is 4.74 Å². The fraction of sp³-hybridized carbons (Fsp3) is 0.588. The van der Waals surface area contributed by atoms with Crippen molar-refractivity contribution in [3.63, 3.8) is 0 Å². The number of nitriles is 1. The van der Waals surface area contributed by atoms with E-state index in [2.05, 4.69) is 37.4 Å². The second-order valence-corrected chi connectivity index (χ2v) is 5.83. The lowest BCUT2D eigenvalue weighted by atomic mass is 9.96. The van der Waals surface area contributed by atoms with Gasteiger partial charge in [0.1, 0.15) is 11.3 Å². The molecule has 0 spiro atoms. The minimum atomic E-state index is -0.538. The van der Waals surface area contributed by atoms with Gasteiger partial charge in [-0.1, -0.05) is 32.9 Å². The molecule has 2 unspecified atom stereocenters. The molecule has 1 aromatic rings. The lowest BCUT2D eigenvalue weighted by Crippen LogP contribution is -2.44. The second kappa shape index (κ2) is 7.31. The van der Waals surface area contributed by atoms with Crippen molar-refractivity contribution in [1.29, 1.82) is 5.26 Å². The van der Waals surface area contributed by atoms with Gasteiger partial charge < -0.3 is 4.74 Å². The van der Waals surface area contributed by atoms with Gasteiger partial charge in [-0.15, -0.1) is 0 Å². The molecule has 2 atom stereocenters. The van der Waals surface area contributed by atoms with Crippen molar-refractivity contribution < 1.29 is 4.74 Å². The van der Waals surface area contributed by atoms with E-state index in [1.54, 1.807) is 0 Å². The summed E-state index contributed by atoms with van der Waals surface area (Å²) < 4.78 is 5.96. The zero-order valence-corrected chi connectivity index (χ0v) is 13.2. The minimum Gasteiger partial charge on any atom is -0.491 e. The van der Waals surface area contributed by atoms with E-state index < -0.39 is 5.54 Å². The van der Waals surface area contributed by atoms with Gasteiger partial charge in [0.2, 0.25) is 0 Å². The van der Waals surface area contributed by atoms with Crippen LogP contribution in [0.4, 0.5) is 0 Å². The van der Waals surface area contributed by atoms with Crippen LogP contribution >= 0.6 is 0 Å². The smallest absolute Gasteiger partial charge is 0.119 e. The molecule has 1 aromatic carbocycles. The van der Waals surface area contributed by atoms with Crippen LogP contribution in [0.2, 0.25) is 0 Å². The van der Waals surface area contributed by atoms with Gasteiger partial charge >= 0.3 is 0 Å². The first-order valence-corrected chi connectivity index (χ1v) is 7.33. The van der Waals surface area contributed by atoms with Gasteiger partial charge in [-0.05, 0) is 44.0 Å². The summed E-state index contributed by atoms with van der Waals surface area (Å²) in [6.07, 6.45) is 0.643. The van der Waals surface area contributed by atoms with E-state index in [0.717, 1.165) is 12.3 Å². The zero-order chi connectivity index (χ0) is 15.2. The summed E-state index contributed by atoms with van der Waals surface area (Å²) in [5, 5.41) is 12.5. The summed E-state index contributed by atoms with van der Waals surface area (Å²) >= 11 is 0. The van der Waals surface area contributed by atoms with E-state index in [-0.39, 0.29) is 6.10 Å². The highest BCUT2D eigenvalue weighted by Crippen LogP contribution is 2.22. The second-order valence-electron chi connectivity index (χ2n) is 5.83. The van der Waals surface area contributed by atoms with E-state index in [1.165, 1.54) is 5.56 Å². The van der Waals surface area contributed by atoms with Crippen molar-refractivity contribution in [2.45, 2.75) is 58.6 Å². The molecular weight excluding hydrogens is 248 g/mol. The highest BCUT2D eigenvalue weighted by atomic mass is 16.5. The Bertz CT molecular complexity index is 464. The molecule has 3 nitrogen and oxygen atoms in total. The van der Waals surface area contributed by atoms with Crippen molar-refractivity contribution in [2.24, 2.45) is 0 Å². The lowest BCUT2D eigenvalue weighted by molar-refractivity contribution is 0.180. The third-order valence-electron chi connectivity index (χ3n) is 3.37. The van der Waals surface area contributed by atoms with E-state index in [1.807, 2.05) is 32.9 Å². The van der Waals surface area contributed by atoms with E-state index in [9.17, 15) is 5.26 Å². The van der Waals surface area contributed by atoms with Gasteiger partial charge in [0, 0.05) is 6.42 Å². The Labute approximate surface area is 123 Å². The molecule has 0 amide bonds. The number of ether oxygens (including phenoxy) is 1. The van der Waals surface area contributed by atoms with E-state index >= 15 is 0 Å². The molecule has 110 valence electrons. The van der Waals surface area contributed by atoms with Crippen molar-refractivity contribution in [1.82, 2.24) is 5.32 Å². The highest BCUT2D eigenvalue weighted by molar-refractivity contribution is 5.30. The molecule has 0 fully saturated rings. The predicted octanol–water partition coefficient (Wildman–Crippen LogP) is 3.86.